The molecule has 2 unspecified atom stereocenters. The van der Waals surface area contributed by atoms with E-state index in [2.05, 4.69) is 0 Å². The van der Waals surface area contributed by atoms with E-state index in [-0.39, 0.29) is 17.2 Å². The first-order valence-electron chi connectivity index (χ1n) is 6.86. The van der Waals surface area contributed by atoms with Crippen LogP contribution in [-0.2, 0) is 4.79 Å². The maximum absolute atomic E-state index is 11.0. The van der Waals surface area contributed by atoms with Crippen LogP contribution in [0.25, 0.3) is 10.1 Å². The molecule has 4 nitrogen and oxygen atoms in total. The van der Waals surface area contributed by atoms with Gasteiger partial charge in [-0.3, -0.25) is 0 Å². The fraction of sp³-hybridized carbons (Fsp3) is 0.400. The summed E-state index contributed by atoms with van der Waals surface area (Å²) in [7, 11) is 0. The van der Waals surface area contributed by atoms with Crippen molar-refractivity contribution in [1.82, 2.24) is 0 Å². The van der Waals surface area contributed by atoms with Crippen molar-refractivity contribution in [3.05, 3.63) is 27.1 Å². The molecule has 0 aliphatic carbocycles. The van der Waals surface area contributed by atoms with Gasteiger partial charge in [-0.05, 0) is 30.4 Å². The highest BCUT2D eigenvalue weighted by atomic mass is 35.5. The van der Waals surface area contributed by atoms with E-state index in [4.69, 9.17) is 27.9 Å². The van der Waals surface area contributed by atoms with Gasteiger partial charge in [-0.15, -0.1) is 11.3 Å². The standard InChI is InChI=1S/C15H16Cl2O4S/c1-3-8(18)11-6-7-5-10(21-9(4-2)15(19)20)12(16)13(17)14(7)22-11/h5-6,8-9,18H,3-4H2,1-2H3,(H,19,20)/p-1. The first-order valence-corrected chi connectivity index (χ1v) is 8.43. The molecule has 2 atom stereocenters. The normalized spacial score (nSPS) is 14.0. The molecule has 0 saturated carbocycles. The fourth-order valence-electron chi connectivity index (χ4n) is 2.02. The number of aliphatic carboxylic acids is 1. The summed E-state index contributed by atoms with van der Waals surface area (Å²) in [6.45, 7) is 3.55. The molecular formula is C15H15Cl2O4S-. The van der Waals surface area contributed by atoms with E-state index < -0.39 is 18.2 Å². The molecule has 7 heteroatoms. The van der Waals surface area contributed by atoms with Gasteiger partial charge in [0, 0.05) is 4.88 Å². The van der Waals surface area contributed by atoms with E-state index >= 15 is 0 Å². The third kappa shape index (κ3) is 3.33. The Bertz CT molecular complexity index is 698. The summed E-state index contributed by atoms with van der Waals surface area (Å²) in [6, 6.07) is 3.45. The summed E-state index contributed by atoms with van der Waals surface area (Å²) < 4.78 is 6.14. The van der Waals surface area contributed by atoms with Crippen molar-refractivity contribution in [2.24, 2.45) is 0 Å². The highest BCUT2D eigenvalue weighted by Crippen LogP contribution is 2.44. The lowest BCUT2D eigenvalue weighted by Crippen LogP contribution is -2.39. The molecule has 0 saturated heterocycles. The van der Waals surface area contributed by atoms with Crippen molar-refractivity contribution in [3.8, 4) is 5.75 Å². The highest BCUT2D eigenvalue weighted by molar-refractivity contribution is 7.19. The second kappa shape index (κ2) is 7.04. The number of hydrogen-bond acceptors (Lipinski definition) is 5. The molecule has 2 aromatic rings. The van der Waals surface area contributed by atoms with Crippen LogP contribution >= 0.6 is 34.5 Å². The Morgan fingerprint density at radius 2 is 2.00 bits per heavy atom. The van der Waals surface area contributed by atoms with Crippen molar-refractivity contribution in [3.63, 3.8) is 0 Å². The topological polar surface area (TPSA) is 69.6 Å². The zero-order valence-electron chi connectivity index (χ0n) is 12.1. The minimum Gasteiger partial charge on any atom is -0.546 e. The minimum atomic E-state index is -1.30. The Kier molecular flexibility index (Phi) is 5.55. The Balaban J connectivity index is 2.48. The Hall–Kier alpha value is -1.01. The first kappa shape index (κ1) is 17.3. The molecule has 0 radical (unpaired) electrons. The Labute approximate surface area is 142 Å². The van der Waals surface area contributed by atoms with Gasteiger partial charge in [0.05, 0.1) is 21.8 Å². The van der Waals surface area contributed by atoms with Crippen LogP contribution in [-0.4, -0.2) is 17.2 Å². The van der Waals surface area contributed by atoms with E-state index in [9.17, 15) is 15.0 Å². The number of aliphatic hydroxyl groups excluding tert-OH is 1. The van der Waals surface area contributed by atoms with Crippen LogP contribution in [0.5, 0.6) is 5.75 Å². The van der Waals surface area contributed by atoms with Crippen molar-refractivity contribution in [2.45, 2.75) is 38.9 Å². The van der Waals surface area contributed by atoms with Crippen LogP contribution in [0.15, 0.2) is 12.1 Å². The quantitative estimate of drug-likeness (QED) is 0.853. The van der Waals surface area contributed by atoms with Crippen molar-refractivity contribution in [1.29, 1.82) is 0 Å². The van der Waals surface area contributed by atoms with Gasteiger partial charge >= 0.3 is 0 Å². The molecule has 120 valence electrons. The molecule has 0 bridgehead atoms. The summed E-state index contributed by atoms with van der Waals surface area (Å²) in [5.41, 5.74) is 0. The molecule has 1 N–H and O–H groups in total. The highest BCUT2D eigenvalue weighted by Gasteiger charge is 2.19. The summed E-state index contributed by atoms with van der Waals surface area (Å²) in [6.07, 6.45) is -0.824. The summed E-state index contributed by atoms with van der Waals surface area (Å²) in [4.78, 5) is 11.8. The number of carbonyl (C=O) groups excluding carboxylic acids is 1. The summed E-state index contributed by atoms with van der Waals surface area (Å²) >= 11 is 13.8. The molecule has 1 aromatic carbocycles. The van der Waals surface area contributed by atoms with Crippen molar-refractivity contribution < 1.29 is 19.7 Å². The van der Waals surface area contributed by atoms with Crippen LogP contribution in [0.1, 0.15) is 37.7 Å². The van der Waals surface area contributed by atoms with Gasteiger partial charge in [0.2, 0.25) is 0 Å². The van der Waals surface area contributed by atoms with Gasteiger partial charge in [-0.25, -0.2) is 0 Å². The van der Waals surface area contributed by atoms with Gasteiger partial charge in [-0.2, -0.15) is 0 Å². The number of carboxylic acids is 1. The molecule has 0 fully saturated rings. The van der Waals surface area contributed by atoms with E-state index in [1.807, 2.05) is 13.0 Å². The second-order valence-corrected chi connectivity index (χ2v) is 6.67. The molecule has 2 rings (SSSR count). The fourth-order valence-corrected chi connectivity index (χ4v) is 3.74. The number of aliphatic hydroxyl groups is 1. The Morgan fingerprint density at radius 1 is 1.32 bits per heavy atom. The zero-order valence-corrected chi connectivity index (χ0v) is 14.4. The smallest absolute Gasteiger partial charge is 0.141 e. The number of halogens is 2. The maximum atomic E-state index is 11.0. The van der Waals surface area contributed by atoms with Gasteiger partial charge in [0.25, 0.3) is 0 Å². The number of thiophene rings is 1. The van der Waals surface area contributed by atoms with Crippen molar-refractivity contribution >= 4 is 50.6 Å². The minimum absolute atomic E-state index is 0.160. The lowest BCUT2D eigenvalue weighted by atomic mass is 10.2. The van der Waals surface area contributed by atoms with Crippen LogP contribution < -0.4 is 9.84 Å². The van der Waals surface area contributed by atoms with Gasteiger partial charge in [0.1, 0.15) is 16.9 Å². The van der Waals surface area contributed by atoms with Crippen LogP contribution in [0.2, 0.25) is 10.0 Å². The monoisotopic (exact) mass is 361 g/mol. The van der Waals surface area contributed by atoms with E-state index in [0.717, 1.165) is 15.0 Å². The van der Waals surface area contributed by atoms with E-state index in [1.165, 1.54) is 11.3 Å². The maximum Gasteiger partial charge on any atom is 0.141 e. The van der Waals surface area contributed by atoms with E-state index in [1.54, 1.807) is 13.0 Å². The number of fused-ring (bicyclic) bond motifs is 1. The molecular weight excluding hydrogens is 347 g/mol. The molecule has 0 aliphatic heterocycles. The molecule has 1 heterocycles. The average Bonchev–Trinajstić information content (AvgIpc) is 2.92. The van der Waals surface area contributed by atoms with Crippen LogP contribution in [0, 0.1) is 0 Å². The lowest BCUT2D eigenvalue weighted by molar-refractivity contribution is -0.313. The number of ether oxygens (including phenoxy) is 1. The molecule has 0 spiro atoms. The van der Waals surface area contributed by atoms with Gasteiger partial charge in [-0.1, -0.05) is 37.0 Å². The number of benzene rings is 1. The predicted octanol–water partition coefficient (Wildman–Crippen LogP) is 3.56. The number of carbonyl (C=O) groups is 1. The summed E-state index contributed by atoms with van der Waals surface area (Å²) in [5.74, 6) is -1.10. The molecule has 22 heavy (non-hydrogen) atoms. The molecule has 0 aliphatic rings. The third-order valence-electron chi connectivity index (χ3n) is 3.29. The zero-order chi connectivity index (χ0) is 16.4. The lowest BCUT2D eigenvalue weighted by Gasteiger charge is -2.19. The van der Waals surface area contributed by atoms with Crippen LogP contribution in [0.3, 0.4) is 0 Å². The number of rotatable bonds is 6. The van der Waals surface area contributed by atoms with Gasteiger partial charge in [0.15, 0.2) is 0 Å². The number of carboxylic acid groups (broad SMARTS) is 1. The van der Waals surface area contributed by atoms with Crippen LogP contribution in [0.4, 0.5) is 0 Å². The summed E-state index contributed by atoms with van der Waals surface area (Å²) in [5, 5.41) is 22.1. The Morgan fingerprint density at radius 3 is 2.55 bits per heavy atom. The predicted molar refractivity (Wildman–Crippen MR) is 86.8 cm³/mol. The number of hydrogen-bond donors (Lipinski definition) is 1. The molecule has 1 aromatic heterocycles. The molecule has 0 amide bonds. The SMILES string of the molecule is CCC(Oc1cc2cc(C(O)CC)sc2c(Cl)c1Cl)C(=O)[O-]. The average molecular weight is 362 g/mol. The van der Waals surface area contributed by atoms with E-state index in [0.29, 0.717) is 11.4 Å². The second-order valence-electron chi connectivity index (χ2n) is 4.83. The van der Waals surface area contributed by atoms with Crippen molar-refractivity contribution in [2.75, 3.05) is 0 Å². The third-order valence-corrected chi connectivity index (χ3v) is 5.52. The first-order chi connectivity index (χ1) is 10.4. The largest absolute Gasteiger partial charge is 0.546 e. The van der Waals surface area contributed by atoms with Gasteiger partial charge < -0.3 is 19.7 Å².